The maximum Gasteiger partial charge on any atom is 0.232 e. The van der Waals surface area contributed by atoms with Crippen molar-refractivity contribution in [1.82, 2.24) is 0 Å². The van der Waals surface area contributed by atoms with E-state index in [1.807, 2.05) is 0 Å². The van der Waals surface area contributed by atoms with E-state index in [0.29, 0.717) is 0 Å². The predicted molar refractivity (Wildman–Crippen MR) is 78.8 cm³/mol. The van der Waals surface area contributed by atoms with Gasteiger partial charge in [-0.25, -0.2) is 17.2 Å². The topological polar surface area (TPSA) is 37.4 Å². The predicted octanol–water partition coefficient (Wildman–Crippen LogP) is 3.58. The molecule has 0 aromatic heterocycles. The van der Waals surface area contributed by atoms with E-state index < -0.39 is 21.7 Å². The van der Waals surface area contributed by atoms with Crippen molar-refractivity contribution in [2.75, 3.05) is 10.6 Å². The van der Waals surface area contributed by atoms with Crippen molar-refractivity contribution in [3.63, 3.8) is 0 Å². The molecule has 3 nitrogen and oxygen atoms in total. The van der Waals surface area contributed by atoms with Crippen LogP contribution in [0.3, 0.4) is 0 Å². The number of nitrogens with zero attached hydrogens (tertiary/aromatic N) is 1. The third-order valence-electron chi connectivity index (χ3n) is 2.86. The summed E-state index contributed by atoms with van der Waals surface area (Å²) in [6.45, 7) is -0.312. The second-order valence-electron chi connectivity index (χ2n) is 4.45. The van der Waals surface area contributed by atoms with Gasteiger partial charge in [0.05, 0.1) is 18.5 Å². The average molecular weight is 332 g/mol. The van der Waals surface area contributed by atoms with Crippen LogP contribution in [0.4, 0.5) is 14.5 Å². The van der Waals surface area contributed by atoms with E-state index in [4.69, 9.17) is 11.6 Å². The molecule has 0 radical (unpaired) electrons. The van der Waals surface area contributed by atoms with Gasteiger partial charge in [0.25, 0.3) is 0 Å². The van der Waals surface area contributed by atoms with Crippen LogP contribution >= 0.6 is 11.6 Å². The molecule has 0 N–H and O–H groups in total. The average Bonchev–Trinajstić information content (AvgIpc) is 2.36. The van der Waals surface area contributed by atoms with Gasteiger partial charge < -0.3 is 0 Å². The van der Waals surface area contributed by atoms with Crippen molar-refractivity contribution in [3.8, 4) is 0 Å². The summed E-state index contributed by atoms with van der Waals surface area (Å²) < 4.78 is 51.8. The zero-order valence-electron chi connectivity index (χ0n) is 11.1. The fraction of sp³-hybridized carbons (Fsp3) is 0.143. The van der Waals surface area contributed by atoms with Crippen molar-refractivity contribution in [2.24, 2.45) is 0 Å². The zero-order chi connectivity index (χ0) is 15.6. The Hall–Kier alpha value is -1.66. The minimum absolute atomic E-state index is 0.0360. The number of hydrogen-bond acceptors (Lipinski definition) is 2. The molecule has 0 saturated carbocycles. The van der Waals surface area contributed by atoms with Gasteiger partial charge in [0.15, 0.2) is 0 Å². The first-order chi connectivity index (χ1) is 9.79. The first kappa shape index (κ1) is 15.7. The number of benzene rings is 2. The molecule has 0 aliphatic heterocycles. The van der Waals surface area contributed by atoms with Crippen molar-refractivity contribution in [1.29, 1.82) is 0 Å². The summed E-state index contributed by atoms with van der Waals surface area (Å²) in [5.41, 5.74) is 0.144. The molecule has 7 heteroatoms. The van der Waals surface area contributed by atoms with Crippen LogP contribution in [0.1, 0.15) is 5.56 Å². The van der Waals surface area contributed by atoms with Gasteiger partial charge in [-0.05, 0) is 30.3 Å². The van der Waals surface area contributed by atoms with Gasteiger partial charge in [-0.2, -0.15) is 0 Å². The van der Waals surface area contributed by atoms with Crippen molar-refractivity contribution < 1.29 is 17.2 Å². The second-order valence-corrected chi connectivity index (χ2v) is 6.76. The molecule has 0 atom stereocenters. The number of halogens is 3. The molecule has 0 bridgehead atoms. The monoisotopic (exact) mass is 331 g/mol. The van der Waals surface area contributed by atoms with Gasteiger partial charge in [0.1, 0.15) is 11.6 Å². The quantitative estimate of drug-likeness (QED) is 0.858. The summed E-state index contributed by atoms with van der Waals surface area (Å²) in [5.74, 6) is -1.20. The molecule has 112 valence electrons. The Labute approximate surface area is 126 Å². The van der Waals surface area contributed by atoms with Crippen LogP contribution in [0.2, 0.25) is 5.02 Å². The highest BCUT2D eigenvalue weighted by atomic mass is 35.5. The maximum absolute atomic E-state index is 13.8. The number of rotatable bonds is 4. The lowest BCUT2D eigenvalue weighted by Crippen LogP contribution is -2.29. The molecular weight excluding hydrogens is 320 g/mol. The number of anilines is 1. The van der Waals surface area contributed by atoms with Crippen LogP contribution in [-0.4, -0.2) is 14.7 Å². The highest BCUT2D eigenvalue weighted by Crippen LogP contribution is 2.26. The van der Waals surface area contributed by atoms with E-state index in [2.05, 4.69) is 0 Å². The first-order valence-corrected chi connectivity index (χ1v) is 8.18. The van der Waals surface area contributed by atoms with E-state index in [9.17, 15) is 17.2 Å². The molecule has 0 aliphatic carbocycles. The van der Waals surface area contributed by atoms with Gasteiger partial charge in [-0.3, -0.25) is 4.31 Å². The zero-order valence-corrected chi connectivity index (χ0v) is 12.6. The number of hydrogen-bond donors (Lipinski definition) is 0. The molecule has 2 aromatic carbocycles. The third kappa shape index (κ3) is 3.71. The van der Waals surface area contributed by atoms with Crippen molar-refractivity contribution in [2.45, 2.75) is 6.54 Å². The molecule has 2 aromatic rings. The van der Waals surface area contributed by atoms with Gasteiger partial charge in [0.2, 0.25) is 10.0 Å². The summed E-state index contributed by atoms with van der Waals surface area (Å²) in [4.78, 5) is 0. The minimum Gasteiger partial charge on any atom is -0.266 e. The van der Waals surface area contributed by atoms with Crippen LogP contribution in [0.25, 0.3) is 0 Å². The standard InChI is InChI=1S/C14H12ClF2NO2S/c1-21(19,20)18(11-5-2-4-10(16)8-11)9-12-13(15)6-3-7-14(12)17/h2-8H,9H2,1H3. The largest absolute Gasteiger partial charge is 0.266 e. The lowest BCUT2D eigenvalue weighted by Gasteiger charge is -2.23. The van der Waals surface area contributed by atoms with Gasteiger partial charge in [-0.1, -0.05) is 23.7 Å². The van der Waals surface area contributed by atoms with Gasteiger partial charge in [-0.15, -0.1) is 0 Å². The molecule has 0 heterocycles. The van der Waals surface area contributed by atoms with Crippen LogP contribution in [-0.2, 0) is 16.6 Å². The summed E-state index contributed by atoms with van der Waals surface area (Å²) in [6, 6.07) is 9.15. The lowest BCUT2D eigenvalue weighted by atomic mass is 10.2. The Kier molecular flexibility index (Phi) is 4.49. The summed E-state index contributed by atoms with van der Waals surface area (Å²) in [7, 11) is -3.73. The fourth-order valence-electron chi connectivity index (χ4n) is 1.86. The Morgan fingerprint density at radius 2 is 1.81 bits per heavy atom. The maximum atomic E-state index is 13.8. The van der Waals surface area contributed by atoms with Crippen LogP contribution < -0.4 is 4.31 Å². The van der Waals surface area contributed by atoms with Crippen LogP contribution in [0, 0.1) is 11.6 Å². The summed E-state index contributed by atoms with van der Waals surface area (Å²) in [5, 5.41) is 0.111. The molecule has 0 unspecified atom stereocenters. The second kappa shape index (κ2) is 5.99. The van der Waals surface area contributed by atoms with E-state index >= 15 is 0 Å². The van der Waals surface area contributed by atoms with E-state index in [-0.39, 0.29) is 22.8 Å². The summed E-state index contributed by atoms with van der Waals surface area (Å²) in [6.07, 6.45) is 0.965. The Balaban J connectivity index is 2.49. The van der Waals surface area contributed by atoms with Crippen LogP contribution in [0.5, 0.6) is 0 Å². The molecule has 0 saturated heterocycles. The van der Waals surface area contributed by atoms with Crippen LogP contribution in [0.15, 0.2) is 42.5 Å². The SMILES string of the molecule is CS(=O)(=O)N(Cc1c(F)cccc1Cl)c1cccc(F)c1. The van der Waals surface area contributed by atoms with E-state index in [1.165, 1.54) is 36.4 Å². The minimum atomic E-state index is -3.73. The summed E-state index contributed by atoms with van der Waals surface area (Å²) >= 11 is 5.91. The molecule has 0 amide bonds. The highest BCUT2D eigenvalue weighted by Gasteiger charge is 2.21. The molecule has 21 heavy (non-hydrogen) atoms. The molecule has 2 rings (SSSR count). The molecule has 0 aliphatic rings. The van der Waals surface area contributed by atoms with Crippen molar-refractivity contribution >= 4 is 27.3 Å². The highest BCUT2D eigenvalue weighted by molar-refractivity contribution is 7.92. The fourth-order valence-corrected chi connectivity index (χ4v) is 2.94. The normalized spacial score (nSPS) is 11.4. The Bertz CT molecular complexity index is 745. The lowest BCUT2D eigenvalue weighted by molar-refractivity contribution is 0.589. The van der Waals surface area contributed by atoms with Gasteiger partial charge >= 0.3 is 0 Å². The van der Waals surface area contributed by atoms with Gasteiger partial charge in [0, 0.05) is 10.6 Å². The first-order valence-electron chi connectivity index (χ1n) is 5.95. The Morgan fingerprint density at radius 3 is 2.38 bits per heavy atom. The third-order valence-corrected chi connectivity index (χ3v) is 4.35. The van der Waals surface area contributed by atoms with Crippen molar-refractivity contribution in [3.05, 3.63) is 64.7 Å². The Morgan fingerprint density at radius 1 is 1.14 bits per heavy atom. The molecule has 0 fully saturated rings. The molecular formula is C14H12ClF2NO2S. The van der Waals surface area contributed by atoms with E-state index in [0.717, 1.165) is 16.6 Å². The number of sulfonamides is 1. The van der Waals surface area contributed by atoms with E-state index in [1.54, 1.807) is 0 Å². The smallest absolute Gasteiger partial charge is 0.232 e. The molecule has 0 spiro atoms.